The van der Waals surface area contributed by atoms with Crippen molar-refractivity contribution < 1.29 is 9.53 Å². The minimum Gasteiger partial charge on any atom is -0.471 e. The Morgan fingerprint density at radius 3 is 2.68 bits per heavy atom. The van der Waals surface area contributed by atoms with Gasteiger partial charge in [0.25, 0.3) is 0 Å². The van der Waals surface area contributed by atoms with Crippen LogP contribution in [-0.2, 0) is 4.79 Å². The Balaban J connectivity index is 1.44. The second-order valence-electron chi connectivity index (χ2n) is 7.69. The van der Waals surface area contributed by atoms with E-state index in [-0.39, 0.29) is 12.0 Å². The topological polar surface area (TPSA) is 55.3 Å². The van der Waals surface area contributed by atoms with E-state index in [1.807, 2.05) is 24.0 Å². The number of unbranched alkanes of at least 4 members (excludes halogenated alkanes) is 1. The molecule has 5 nitrogen and oxygen atoms in total. The standard InChI is InChI=1S/C20H31N3O2/c1-3-4-5-16-7-9-17(10-8-16)20(24)23-13-12-18(14-23)25-19-11-6-15(2)21-22-19/h6,11,16-18H,3-5,7-10,12-14H2,1-2H3. The van der Waals surface area contributed by atoms with E-state index in [1.54, 1.807) is 0 Å². The summed E-state index contributed by atoms with van der Waals surface area (Å²) < 4.78 is 5.89. The maximum absolute atomic E-state index is 12.8. The number of carbonyl (C=O) groups excluding carboxylic acids is 1. The molecule has 0 aromatic carbocycles. The molecule has 2 aliphatic rings. The molecule has 0 N–H and O–H groups in total. The summed E-state index contributed by atoms with van der Waals surface area (Å²) in [5, 5.41) is 8.08. The first-order valence-corrected chi connectivity index (χ1v) is 9.91. The second-order valence-corrected chi connectivity index (χ2v) is 7.69. The highest BCUT2D eigenvalue weighted by molar-refractivity contribution is 5.79. The van der Waals surface area contributed by atoms with Gasteiger partial charge in [0.05, 0.1) is 12.2 Å². The molecule has 1 aromatic heterocycles. The maximum Gasteiger partial charge on any atom is 0.233 e. The Bertz CT molecular complexity index is 553. The first-order chi connectivity index (χ1) is 12.2. The summed E-state index contributed by atoms with van der Waals surface area (Å²) in [5.74, 6) is 1.98. The van der Waals surface area contributed by atoms with Crippen molar-refractivity contribution in [2.75, 3.05) is 13.1 Å². The average molecular weight is 345 g/mol. The fourth-order valence-electron chi connectivity index (χ4n) is 4.09. The highest BCUT2D eigenvalue weighted by Crippen LogP contribution is 2.33. The van der Waals surface area contributed by atoms with Crippen molar-refractivity contribution >= 4 is 5.91 Å². The SMILES string of the molecule is CCCCC1CCC(C(=O)N2CCC(Oc3ccc(C)nn3)C2)CC1. The van der Waals surface area contributed by atoms with Gasteiger partial charge in [-0.05, 0) is 44.6 Å². The van der Waals surface area contributed by atoms with Crippen LogP contribution in [0.25, 0.3) is 0 Å². The van der Waals surface area contributed by atoms with Crippen LogP contribution in [0.4, 0.5) is 0 Å². The molecule has 1 aliphatic heterocycles. The van der Waals surface area contributed by atoms with E-state index in [9.17, 15) is 4.79 Å². The van der Waals surface area contributed by atoms with Crippen LogP contribution in [0.1, 0.15) is 64.0 Å². The zero-order chi connectivity index (χ0) is 17.6. The fraction of sp³-hybridized carbons (Fsp3) is 0.750. The third-order valence-corrected chi connectivity index (χ3v) is 5.68. The molecule has 1 atom stereocenters. The van der Waals surface area contributed by atoms with E-state index in [0.29, 0.717) is 18.3 Å². The summed E-state index contributed by atoms with van der Waals surface area (Å²) in [6.07, 6.45) is 9.46. The van der Waals surface area contributed by atoms with Crippen molar-refractivity contribution in [1.82, 2.24) is 15.1 Å². The number of rotatable bonds is 6. The number of aryl methyl sites for hydroxylation is 1. The lowest BCUT2D eigenvalue weighted by Gasteiger charge is -2.30. The Morgan fingerprint density at radius 1 is 1.20 bits per heavy atom. The number of likely N-dealkylation sites (tertiary alicyclic amines) is 1. The molecule has 1 amide bonds. The van der Waals surface area contributed by atoms with Crippen LogP contribution in [0.15, 0.2) is 12.1 Å². The van der Waals surface area contributed by atoms with E-state index < -0.39 is 0 Å². The Morgan fingerprint density at radius 2 is 2.00 bits per heavy atom. The zero-order valence-electron chi connectivity index (χ0n) is 15.6. The molecule has 1 saturated heterocycles. The molecule has 1 unspecified atom stereocenters. The van der Waals surface area contributed by atoms with Crippen molar-refractivity contribution in [3.05, 3.63) is 17.8 Å². The van der Waals surface area contributed by atoms with Crippen LogP contribution in [0.3, 0.4) is 0 Å². The smallest absolute Gasteiger partial charge is 0.233 e. The molecule has 3 rings (SSSR count). The number of amides is 1. The molecule has 25 heavy (non-hydrogen) atoms. The molecular formula is C20H31N3O2. The molecule has 1 saturated carbocycles. The quantitative estimate of drug-likeness (QED) is 0.788. The van der Waals surface area contributed by atoms with Crippen LogP contribution in [-0.4, -0.2) is 40.2 Å². The van der Waals surface area contributed by atoms with Gasteiger partial charge < -0.3 is 9.64 Å². The third kappa shape index (κ3) is 4.93. The Kier molecular flexibility index (Phi) is 6.27. The van der Waals surface area contributed by atoms with Crippen molar-refractivity contribution in [2.45, 2.75) is 71.3 Å². The first kappa shape index (κ1) is 18.2. The molecule has 2 heterocycles. The monoisotopic (exact) mass is 345 g/mol. The molecule has 138 valence electrons. The predicted molar refractivity (Wildman–Crippen MR) is 97.4 cm³/mol. The number of nitrogens with zero attached hydrogens (tertiary/aromatic N) is 3. The Labute approximate surface area is 151 Å². The number of carbonyl (C=O) groups is 1. The summed E-state index contributed by atoms with van der Waals surface area (Å²) in [6.45, 7) is 5.65. The van der Waals surface area contributed by atoms with Crippen LogP contribution in [0.2, 0.25) is 0 Å². The molecule has 2 fully saturated rings. The van der Waals surface area contributed by atoms with Gasteiger partial charge in [0, 0.05) is 24.9 Å². The molecule has 0 spiro atoms. The summed E-state index contributed by atoms with van der Waals surface area (Å²) in [4.78, 5) is 14.8. The first-order valence-electron chi connectivity index (χ1n) is 9.91. The number of aromatic nitrogens is 2. The normalized spacial score (nSPS) is 26.6. The summed E-state index contributed by atoms with van der Waals surface area (Å²) in [6, 6.07) is 3.75. The van der Waals surface area contributed by atoms with Gasteiger partial charge in [-0.2, -0.15) is 5.10 Å². The number of hydrogen-bond acceptors (Lipinski definition) is 4. The minimum atomic E-state index is 0.0434. The van der Waals surface area contributed by atoms with Gasteiger partial charge in [-0.1, -0.05) is 26.2 Å². The van der Waals surface area contributed by atoms with E-state index in [4.69, 9.17) is 4.74 Å². The summed E-state index contributed by atoms with van der Waals surface area (Å²) in [5.41, 5.74) is 0.880. The van der Waals surface area contributed by atoms with Crippen LogP contribution in [0, 0.1) is 18.8 Å². The average Bonchev–Trinajstić information content (AvgIpc) is 3.10. The molecule has 1 aliphatic carbocycles. The molecule has 0 bridgehead atoms. The van der Waals surface area contributed by atoms with Crippen molar-refractivity contribution in [3.63, 3.8) is 0 Å². The Hall–Kier alpha value is -1.65. The third-order valence-electron chi connectivity index (χ3n) is 5.68. The summed E-state index contributed by atoms with van der Waals surface area (Å²) in [7, 11) is 0. The molecule has 1 aromatic rings. The largest absolute Gasteiger partial charge is 0.471 e. The van der Waals surface area contributed by atoms with Crippen molar-refractivity contribution in [1.29, 1.82) is 0 Å². The highest BCUT2D eigenvalue weighted by Gasteiger charge is 2.34. The highest BCUT2D eigenvalue weighted by atomic mass is 16.5. The van der Waals surface area contributed by atoms with Gasteiger partial charge in [-0.3, -0.25) is 4.79 Å². The van der Waals surface area contributed by atoms with E-state index in [0.717, 1.165) is 37.4 Å². The van der Waals surface area contributed by atoms with E-state index in [1.165, 1.54) is 32.1 Å². The second kappa shape index (κ2) is 8.63. The zero-order valence-corrected chi connectivity index (χ0v) is 15.6. The van der Waals surface area contributed by atoms with Gasteiger partial charge in [0.15, 0.2) is 0 Å². The van der Waals surface area contributed by atoms with Crippen LogP contribution < -0.4 is 4.74 Å². The predicted octanol–water partition coefficient (Wildman–Crippen LogP) is 3.76. The number of ether oxygens (including phenoxy) is 1. The van der Waals surface area contributed by atoms with Crippen LogP contribution >= 0.6 is 0 Å². The molecule has 0 radical (unpaired) electrons. The molecule has 5 heteroatoms. The molecular weight excluding hydrogens is 314 g/mol. The van der Waals surface area contributed by atoms with Crippen LogP contribution in [0.5, 0.6) is 5.88 Å². The lowest BCUT2D eigenvalue weighted by atomic mass is 9.79. The van der Waals surface area contributed by atoms with E-state index in [2.05, 4.69) is 17.1 Å². The number of hydrogen-bond donors (Lipinski definition) is 0. The van der Waals surface area contributed by atoms with E-state index >= 15 is 0 Å². The minimum absolute atomic E-state index is 0.0434. The van der Waals surface area contributed by atoms with Gasteiger partial charge >= 0.3 is 0 Å². The lowest BCUT2D eigenvalue weighted by molar-refractivity contribution is -0.136. The summed E-state index contributed by atoms with van der Waals surface area (Å²) >= 11 is 0. The van der Waals surface area contributed by atoms with Gasteiger partial charge in [-0.15, -0.1) is 5.10 Å². The van der Waals surface area contributed by atoms with Gasteiger partial charge in [0.1, 0.15) is 6.10 Å². The lowest BCUT2D eigenvalue weighted by Crippen LogP contribution is -2.37. The fourth-order valence-corrected chi connectivity index (χ4v) is 4.09. The van der Waals surface area contributed by atoms with Crippen molar-refractivity contribution in [2.24, 2.45) is 11.8 Å². The van der Waals surface area contributed by atoms with Gasteiger partial charge in [0.2, 0.25) is 11.8 Å². The maximum atomic E-state index is 12.8. The van der Waals surface area contributed by atoms with Crippen molar-refractivity contribution in [3.8, 4) is 5.88 Å². The van der Waals surface area contributed by atoms with Gasteiger partial charge in [-0.25, -0.2) is 0 Å².